The van der Waals surface area contributed by atoms with E-state index in [4.69, 9.17) is 0 Å². The molecule has 0 atom stereocenters. The highest BCUT2D eigenvalue weighted by Crippen LogP contribution is 2.55. The van der Waals surface area contributed by atoms with Gasteiger partial charge in [0.1, 0.15) is 5.82 Å². The molecule has 4 nitrogen and oxygen atoms in total. The summed E-state index contributed by atoms with van der Waals surface area (Å²) in [6, 6.07) is 0. The van der Waals surface area contributed by atoms with E-state index < -0.39 is 0 Å². The maximum absolute atomic E-state index is 4.46. The van der Waals surface area contributed by atoms with Crippen LogP contribution in [0, 0.1) is 0 Å². The molecule has 0 unspecified atom stereocenters. The Morgan fingerprint density at radius 2 is 1.85 bits per heavy atom. The lowest BCUT2D eigenvalue weighted by atomic mass is 10.4. The third-order valence-corrected chi connectivity index (χ3v) is 7.67. The largest absolute Gasteiger partial charge is 0.343 e. The number of thioether (sulfide) groups is 4. The molecule has 2 N–H and O–H groups in total. The second-order valence-corrected chi connectivity index (χ2v) is 8.18. The Hall–Kier alpha value is -0.960. The van der Waals surface area contributed by atoms with E-state index in [-0.39, 0.29) is 0 Å². The van der Waals surface area contributed by atoms with Crippen molar-refractivity contribution >= 4 is 52.0 Å². The van der Waals surface area contributed by atoms with Crippen molar-refractivity contribution in [1.29, 1.82) is 0 Å². The summed E-state index contributed by atoms with van der Waals surface area (Å²) < 4.78 is 2.69. The molecule has 0 amide bonds. The summed E-state index contributed by atoms with van der Waals surface area (Å²) in [5.74, 6) is 0.906. The molecule has 4 heterocycles. The molecule has 0 bridgehead atoms. The minimum atomic E-state index is 0.906. The zero-order valence-electron chi connectivity index (χ0n) is 9.99. The van der Waals surface area contributed by atoms with Gasteiger partial charge in [0.2, 0.25) is 0 Å². The van der Waals surface area contributed by atoms with Crippen LogP contribution in [0.25, 0.3) is 16.3 Å². The first-order valence-corrected chi connectivity index (χ1v) is 9.17. The van der Waals surface area contributed by atoms with Gasteiger partial charge in [-0.1, -0.05) is 47.0 Å². The van der Waals surface area contributed by atoms with Gasteiger partial charge < -0.3 is 9.97 Å². The summed E-state index contributed by atoms with van der Waals surface area (Å²) in [5.41, 5.74) is 1.90. The Morgan fingerprint density at radius 1 is 0.950 bits per heavy atom. The van der Waals surface area contributed by atoms with E-state index in [0.717, 1.165) is 22.1 Å². The van der Waals surface area contributed by atoms with Crippen molar-refractivity contribution in [3.8, 4) is 11.4 Å². The van der Waals surface area contributed by atoms with Crippen LogP contribution in [0.5, 0.6) is 0 Å². The van der Waals surface area contributed by atoms with Gasteiger partial charge in [0.05, 0.1) is 43.5 Å². The SMILES string of the molecule is C1=CSC(=C2SC=C(c3ncc(-c4cnc[nH]4)[nH]3)S2)S1. The van der Waals surface area contributed by atoms with Gasteiger partial charge in [-0.05, 0) is 16.2 Å². The number of aromatic nitrogens is 4. The molecule has 4 rings (SSSR count). The molecule has 0 fully saturated rings. The van der Waals surface area contributed by atoms with Crippen LogP contribution in [-0.2, 0) is 0 Å². The average Bonchev–Trinajstić information content (AvgIpc) is 3.22. The molecule has 2 aromatic heterocycles. The monoisotopic (exact) mass is 336 g/mol. The van der Waals surface area contributed by atoms with Gasteiger partial charge in [-0.2, -0.15) is 0 Å². The van der Waals surface area contributed by atoms with E-state index in [1.54, 1.807) is 59.6 Å². The number of H-pyrrole nitrogens is 2. The Labute approximate surface area is 132 Å². The van der Waals surface area contributed by atoms with E-state index in [1.165, 1.54) is 8.47 Å². The summed E-state index contributed by atoms with van der Waals surface area (Å²) in [4.78, 5) is 16.0. The summed E-state index contributed by atoms with van der Waals surface area (Å²) in [5, 5.41) is 6.40. The van der Waals surface area contributed by atoms with E-state index in [9.17, 15) is 0 Å². The maximum atomic E-state index is 4.46. The average molecular weight is 336 g/mol. The third kappa shape index (κ3) is 2.37. The maximum Gasteiger partial charge on any atom is 0.145 e. The van der Waals surface area contributed by atoms with Gasteiger partial charge in [-0.15, -0.1) is 0 Å². The molecule has 0 aliphatic carbocycles. The van der Waals surface area contributed by atoms with Crippen molar-refractivity contribution < 1.29 is 0 Å². The van der Waals surface area contributed by atoms with E-state index in [0.29, 0.717) is 0 Å². The fraction of sp³-hybridized carbons (Fsp3) is 0. The Kier molecular flexibility index (Phi) is 3.47. The molecule has 0 saturated carbocycles. The number of nitrogens with zero attached hydrogens (tertiary/aromatic N) is 2. The number of nitrogens with one attached hydrogen (secondary N) is 2. The molecule has 20 heavy (non-hydrogen) atoms. The Bertz CT molecular complexity index is 716. The Balaban J connectivity index is 1.56. The molecule has 0 saturated heterocycles. The van der Waals surface area contributed by atoms with Crippen LogP contribution in [0.15, 0.2) is 43.4 Å². The molecule has 2 aliphatic rings. The van der Waals surface area contributed by atoms with Gasteiger partial charge in [-0.25, -0.2) is 9.97 Å². The zero-order valence-corrected chi connectivity index (χ0v) is 13.3. The minimum absolute atomic E-state index is 0.906. The summed E-state index contributed by atoms with van der Waals surface area (Å²) in [6.07, 6.45) is 5.28. The molecular formula is C12H8N4S4. The highest BCUT2D eigenvalue weighted by Gasteiger charge is 2.21. The highest BCUT2D eigenvalue weighted by atomic mass is 32.2. The van der Waals surface area contributed by atoms with Crippen LogP contribution >= 0.6 is 47.0 Å². The van der Waals surface area contributed by atoms with Gasteiger partial charge in [-0.3, -0.25) is 0 Å². The molecule has 8 heteroatoms. The van der Waals surface area contributed by atoms with Crippen LogP contribution in [0.4, 0.5) is 0 Å². The van der Waals surface area contributed by atoms with Gasteiger partial charge in [0, 0.05) is 0 Å². The second-order valence-electron chi connectivity index (χ2n) is 3.90. The number of hydrogen-bond acceptors (Lipinski definition) is 6. The predicted octanol–water partition coefficient (Wildman–Crippen LogP) is 4.66. The van der Waals surface area contributed by atoms with Gasteiger partial charge in [0.25, 0.3) is 0 Å². The normalized spacial score (nSPS) is 18.1. The van der Waals surface area contributed by atoms with Crippen LogP contribution in [0.3, 0.4) is 0 Å². The quantitative estimate of drug-likeness (QED) is 0.832. The molecule has 0 spiro atoms. The zero-order chi connectivity index (χ0) is 13.4. The van der Waals surface area contributed by atoms with Crippen LogP contribution in [0.2, 0.25) is 0 Å². The van der Waals surface area contributed by atoms with Crippen LogP contribution in [0.1, 0.15) is 5.82 Å². The first-order valence-electron chi connectivity index (χ1n) is 5.71. The second kappa shape index (κ2) is 5.44. The van der Waals surface area contributed by atoms with Crippen molar-refractivity contribution in [3.63, 3.8) is 0 Å². The predicted molar refractivity (Wildman–Crippen MR) is 90.7 cm³/mol. The van der Waals surface area contributed by atoms with Gasteiger partial charge in [0.15, 0.2) is 0 Å². The number of rotatable bonds is 2. The lowest BCUT2D eigenvalue weighted by Gasteiger charge is -2.00. The van der Waals surface area contributed by atoms with Crippen molar-refractivity contribution in [1.82, 2.24) is 19.9 Å². The molecule has 0 radical (unpaired) electrons. The van der Waals surface area contributed by atoms with E-state index >= 15 is 0 Å². The van der Waals surface area contributed by atoms with Crippen molar-refractivity contribution in [2.24, 2.45) is 0 Å². The fourth-order valence-corrected chi connectivity index (χ4v) is 6.14. The van der Waals surface area contributed by atoms with Crippen molar-refractivity contribution in [3.05, 3.63) is 49.2 Å². The molecular weight excluding hydrogens is 328 g/mol. The topological polar surface area (TPSA) is 57.4 Å². The smallest absolute Gasteiger partial charge is 0.145 e. The molecule has 2 aromatic rings. The molecule has 2 aliphatic heterocycles. The van der Waals surface area contributed by atoms with Gasteiger partial charge >= 0.3 is 0 Å². The van der Waals surface area contributed by atoms with Crippen LogP contribution < -0.4 is 0 Å². The molecule has 0 aromatic carbocycles. The highest BCUT2D eigenvalue weighted by molar-refractivity contribution is 8.35. The lowest BCUT2D eigenvalue weighted by Crippen LogP contribution is -1.81. The number of hydrogen-bond donors (Lipinski definition) is 2. The summed E-state index contributed by atoms with van der Waals surface area (Å²) in [7, 11) is 0. The first-order chi connectivity index (χ1) is 9.90. The van der Waals surface area contributed by atoms with E-state index in [1.807, 2.05) is 6.20 Å². The number of aromatic amines is 2. The Morgan fingerprint density at radius 3 is 2.65 bits per heavy atom. The minimum Gasteiger partial charge on any atom is -0.343 e. The van der Waals surface area contributed by atoms with Crippen molar-refractivity contribution in [2.45, 2.75) is 0 Å². The molecule has 100 valence electrons. The fourth-order valence-electron chi connectivity index (χ4n) is 1.74. The summed E-state index contributed by atoms with van der Waals surface area (Å²) in [6.45, 7) is 0. The first kappa shape index (κ1) is 12.8. The summed E-state index contributed by atoms with van der Waals surface area (Å²) >= 11 is 7.11. The third-order valence-electron chi connectivity index (χ3n) is 2.65. The van der Waals surface area contributed by atoms with E-state index in [2.05, 4.69) is 36.2 Å². The lowest BCUT2D eigenvalue weighted by molar-refractivity contribution is 1.25. The number of imidazole rings is 2. The standard InChI is InChI=1S/C12H8N4S4/c1-2-18-11(17-1)12-19-5-9(20-12)10-14-4-8(16-10)7-3-13-6-15-7/h1-6H,(H,13,15)(H,14,16). The van der Waals surface area contributed by atoms with Crippen molar-refractivity contribution in [2.75, 3.05) is 0 Å². The van der Waals surface area contributed by atoms with Crippen LogP contribution in [-0.4, -0.2) is 19.9 Å².